The first kappa shape index (κ1) is 27.5. The van der Waals surface area contributed by atoms with Gasteiger partial charge in [-0.2, -0.15) is 0 Å². The number of piperidine rings is 1. The van der Waals surface area contributed by atoms with Gasteiger partial charge in [-0.05, 0) is 66.5 Å². The minimum atomic E-state index is -1.02. The molecule has 2 aromatic rings. The van der Waals surface area contributed by atoms with Crippen LogP contribution in [0.2, 0.25) is 10.0 Å². The van der Waals surface area contributed by atoms with Crippen LogP contribution in [0.1, 0.15) is 83.4 Å². The molecular formula is C29H37Cl2NO3. The summed E-state index contributed by atoms with van der Waals surface area (Å²) < 4.78 is 0. The summed E-state index contributed by atoms with van der Waals surface area (Å²) in [5.74, 6) is -0.449. The number of carbonyl (C=O) groups is 2. The Bertz CT molecular complexity index is 1040. The average molecular weight is 519 g/mol. The Balaban J connectivity index is 2.24. The van der Waals surface area contributed by atoms with Crippen molar-refractivity contribution in [2.75, 3.05) is 0 Å². The van der Waals surface area contributed by atoms with E-state index in [-0.39, 0.29) is 36.2 Å². The maximum Gasteiger partial charge on any atom is 0.304 e. The summed E-state index contributed by atoms with van der Waals surface area (Å²) in [6.07, 6.45) is 2.06. The number of rotatable bonds is 9. The number of nitrogens with zero attached hydrogens (tertiary/aromatic N) is 1. The summed E-state index contributed by atoms with van der Waals surface area (Å²) in [4.78, 5) is 28.2. The lowest BCUT2D eigenvalue weighted by Crippen LogP contribution is -2.57. The molecule has 1 amide bonds. The topological polar surface area (TPSA) is 57.6 Å². The van der Waals surface area contributed by atoms with E-state index in [0.717, 1.165) is 24.0 Å². The zero-order valence-corrected chi connectivity index (χ0v) is 22.8. The lowest BCUT2D eigenvalue weighted by atomic mass is 9.66. The van der Waals surface area contributed by atoms with E-state index in [1.807, 2.05) is 60.4 Å². The molecule has 1 fully saturated rings. The molecule has 1 saturated heterocycles. The molecule has 35 heavy (non-hydrogen) atoms. The highest BCUT2D eigenvalue weighted by molar-refractivity contribution is 6.30. The van der Waals surface area contributed by atoms with Gasteiger partial charge in [-0.25, -0.2) is 0 Å². The molecule has 0 spiro atoms. The van der Waals surface area contributed by atoms with E-state index in [1.54, 1.807) is 0 Å². The minimum Gasteiger partial charge on any atom is -0.481 e. The van der Waals surface area contributed by atoms with Crippen LogP contribution in [0.3, 0.4) is 0 Å². The Hall–Kier alpha value is -2.04. The Kier molecular flexibility index (Phi) is 8.93. The SMILES string of the molecule is CC(C)CC[C@H](C(C)C)N1C(=O)[C@@](C)(CC(=O)O)CC(c2cccc(Cl)c2)C1c1ccc(Cl)cc1. The molecule has 3 rings (SSSR count). The van der Waals surface area contributed by atoms with Crippen LogP contribution in [0.15, 0.2) is 48.5 Å². The Morgan fingerprint density at radius 3 is 2.23 bits per heavy atom. The van der Waals surface area contributed by atoms with Gasteiger partial charge in [0.1, 0.15) is 0 Å². The molecule has 1 aliphatic rings. The van der Waals surface area contributed by atoms with Crippen LogP contribution in [0.25, 0.3) is 0 Å². The minimum absolute atomic E-state index is 0.0271. The molecule has 0 saturated carbocycles. The molecule has 1 heterocycles. The molecule has 0 radical (unpaired) electrons. The third-order valence-corrected chi connectivity index (χ3v) is 7.79. The van der Waals surface area contributed by atoms with Gasteiger partial charge in [0, 0.05) is 22.0 Å². The Morgan fingerprint density at radius 2 is 1.69 bits per heavy atom. The molecule has 1 N–H and O–H groups in total. The normalized spacial score (nSPS) is 23.7. The van der Waals surface area contributed by atoms with E-state index in [4.69, 9.17) is 23.2 Å². The molecule has 4 atom stereocenters. The molecule has 0 bridgehead atoms. The van der Waals surface area contributed by atoms with Crippen molar-refractivity contribution in [3.8, 4) is 0 Å². The van der Waals surface area contributed by atoms with Crippen LogP contribution in [0.4, 0.5) is 0 Å². The van der Waals surface area contributed by atoms with Crippen LogP contribution in [0, 0.1) is 17.3 Å². The summed E-state index contributed by atoms with van der Waals surface area (Å²) in [5.41, 5.74) is 0.991. The fraction of sp³-hybridized carbons (Fsp3) is 0.517. The van der Waals surface area contributed by atoms with Crippen molar-refractivity contribution in [2.45, 2.75) is 78.3 Å². The van der Waals surface area contributed by atoms with Crippen LogP contribution in [-0.2, 0) is 9.59 Å². The summed E-state index contributed by atoms with van der Waals surface area (Å²) in [6, 6.07) is 15.2. The maximum absolute atomic E-state index is 14.3. The smallest absolute Gasteiger partial charge is 0.304 e. The van der Waals surface area contributed by atoms with Crippen molar-refractivity contribution in [1.29, 1.82) is 0 Å². The quantitative estimate of drug-likeness (QED) is 0.366. The van der Waals surface area contributed by atoms with Crippen molar-refractivity contribution in [1.82, 2.24) is 4.90 Å². The summed E-state index contributed by atoms with van der Waals surface area (Å²) in [6.45, 7) is 10.5. The van der Waals surface area contributed by atoms with Gasteiger partial charge in [0.2, 0.25) is 5.91 Å². The van der Waals surface area contributed by atoms with Gasteiger partial charge in [0.05, 0.1) is 17.9 Å². The predicted octanol–water partition coefficient (Wildman–Crippen LogP) is 7.99. The first-order valence-corrected chi connectivity index (χ1v) is 13.2. The number of carboxylic acids is 1. The van der Waals surface area contributed by atoms with Crippen molar-refractivity contribution >= 4 is 35.1 Å². The van der Waals surface area contributed by atoms with E-state index in [1.165, 1.54) is 0 Å². The second kappa shape index (κ2) is 11.3. The number of hydrogen-bond donors (Lipinski definition) is 1. The van der Waals surface area contributed by atoms with Crippen LogP contribution in [-0.4, -0.2) is 27.9 Å². The number of amides is 1. The van der Waals surface area contributed by atoms with Crippen LogP contribution in [0.5, 0.6) is 0 Å². The zero-order chi connectivity index (χ0) is 25.9. The van der Waals surface area contributed by atoms with E-state index < -0.39 is 11.4 Å². The summed E-state index contributed by atoms with van der Waals surface area (Å²) in [5, 5.41) is 11.0. The maximum atomic E-state index is 14.3. The fourth-order valence-electron chi connectivity index (χ4n) is 5.54. The second-order valence-electron chi connectivity index (χ2n) is 11.0. The number of likely N-dealkylation sites (tertiary alicyclic amines) is 1. The lowest BCUT2D eigenvalue weighted by molar-refractivity contribution is -0.162. The first-order chi connectivity index (χ1) is 16.4. The second-order valence-corrected chi connectivity index (χ2v) is 11.9. The van der Waals surface area contributed by atoms with Crippen molar-refractivity contribution in [3.63, 3.8) is 0 Å². The van der Waals surface area contributed by atoms with E-state index in [2.05, 4.69) is 27.7 Å². The van der Waals surface area contributed by atoms with Gasteiger partial charge in [-0.15, -0.1) is 0 Å². The standard InChI is InChI=1S/C29H37Cl2NO3/c1-18(2)9-14-25(19(3)4)32-27(20-10-12-22(30)13-11-20)24(21-7-6-8-23(31)15-21)16-29(5,28(32)35)17-26(33)34/h6-8,10-13,15,18-19,24-25,27H,9,14,16-17H2,1-5H3,(H,33,34)/t24?,25-,27?,29-/m1/s1. The molecule has 190 valence electrons. The fourth-order valence-corrected chi connectivity index (χ4v) is 5.87. The van der Waals surface area contributed by atoms with Crippen molar-refractivity contribution in [3.05, 3.63) is 69.7 Å². The molecular weight excluding hydrogens is 481 g/mol. The zero-order valence-electron chi connectivity index (χ0n) is 21.3. The molecule has 0 aliphatic carbocycles. The van der Waals surface area contributed by atoms with Gasteiger partial charge in [-0.3, -0.25) is 9.59 Å². The van der Waals surface area contributed by atoms with E-state index in [9.17, 15) is 14.7 Å². The molecule has 2 aromatic carbocycles. The average Bonchev–Trinajstić information content (AvgIpc) is 2.76. The van der Waals surface area contributed by atoms with Crippen LogP contribution >= 0.6 is 23.2 Å². The summed E-state index contributed by atoms with van der Waals surface area (Å²) in [7, 11) is 0. The highest BCUT2D eigenvalue weighted by atomic mass is 35.5. The van der Waals surface area contributed by atoms with E-state index >= 15 is 0 Å². The monoisotopic (exact) mass is 517 g/mol. The van der Waals surface area contributed by atoms with E-state index in [0.29, 0.717) is 22.4 Å². The largest absolute Gasteiger partial charge is 0.481 e. The van der Waals surface area contributed by atoms with Crippen molar-refractivity contribution in [2.24, 2.45) is 17.3 Å². The summed E-state index contributed by atoms with van der Waals surface area (Å²) >= 11 is 12.6. The first-order valence-electron chi connectivity index (χ1n) is 12.5. The molecule has 4 nitrogen and oxygen atoms in total. The number of halogens is 2. The Labute approximate surface area is 219 Å². The number of hydrogen-bond acceptors (Lipinski definition) is 2. The predicted molar refractivity (Wildman–Crippen MR) is 143 cm³/mol. The van der Waals surface area contributed by atoms with Crippen LogP contribution < -0.4 is 0 Å². The van der Waals surface area contributed by atoms with Gasteiger partial charge in [0.15, 0.2) is 0 Å². The highest BCUT2D eigenvalue weighted by Crippen LogP contribution is 2.52. The highest BCUT2D eigenvalue weighted by Gasteiger charge is 2.52. The van der Waals surface area contributed by atoms with Crippen molar-refractivity contribution < 1.29 is 14.7 Å². The molecule has 0 aromatic heterocycles. The third kappa shape index (κ3) is 6.40. The van der Waals surface area contributed by atoms with Gasteiger partial charge in [0.25, 0.3) is 0 Å². The molecule has 6 heteroatoms. The lowest BCUT2D eigenvalue weighted by Gasteiger charge is -2.53. The van der Waals surface area contributed by atoms with Gasteiger partial charge in [-0.1, -0.05) is 82.1 Å². The molecule has 1 aliphatic heterocycles. The van der Waals surface area contributed by atoms with Gasteiger partial charge >= 0.3 is 5.97 Å². The number of carbonyl (C=O) groups excluding carboxylic acids is 1. The molecule has 2 unspecified atom stereocenters. The number of carboxylic acid groups (broad SMARTS) is 1. The van der Waals surface area contributed by atoms with Gasteiger partial charge < -0.3 is 10.0 Å². The third-order valence-electron chi connectivity index (χ3n) is 7.30. The Morgan fingerprint density at radius 1 is 1.03 bits per heavy atom. The number of benzene rings is 2. The number of aliphatic carboxylic acids is 1.